The molecule has 0 radical (unpaired) electrons. The molecule has 0 amide bonds. The highest BCUT2D eigenvalue weighted by molar-refractivity contribution is 7.09. The number of hydrogen-bond donors (Lipinski definition) is 1. The van der Waals surface area contributed by atoms with Crippen molar-refractivity contribution in [2.45, 2.75) is 58.7 Å². The average molecular weight is 290 g/mol. The molecular formula is C15H22N4S. The van der Waals surface area contributed by atoms with Crippen LogP contribution in [0.2, 0.25) is 0 Å². The molecule has 0 saturated heterocycles. The first-order valence-corrected chi connectivity index (χ1v) is 8.30. The molecule has 4 nitrogen and oxygen atoms in total. The molecule has 0 unspecified atom stereocenters. The molecule has 0 saturated carbocycles. The van der Waals surface area contributed by atoms with Gasteiger partial charge in [0.05, 0.1) is 24.3 Å². The fourth-order valence-electron chi connectivity index (χ4n) is 2.64. The Labute approximate surface area is 124 Å². The van der Waals surface area contributed by atoms with Crippen molar-refractivity contribution < 1.29 is 0 Å². The number of nitrogens with one attached hydrogen (secondary N) is 1. The minimum Gasteiger partial charge on any atom is -0.328 e. The van der Waals surface area contributed by atoms with E-state index in [1.165, 1.54) is 35.7 Å². The first-order chi connectivity index (χ1) is 9.72. The van der Waals surface area contributed by atoms with Crippen molar-refractivity contribution in [3.8, 4) is 0 Å². The van der Waals surface area contributed by atoms with Crippen molar-refractivity contribution in [3.63, 3.8) is 0 Å². The van der Waals surface area contributed by atoms with Crippen LogP contribution in [0.15, 0.2) is 11.7 Å². The van der Waals surface area contributed by atoms with Gasteiger partial charge < -0.3 is 9.88 Å². The largest absolute Gasteiger partial charge is 0.328 e. The maximum Gasteiger partial charge on any atom is 0.107 e. The van der Waals surface area contributed by atoms with Crippen molar-refractivity contribution in [1.82, 2.24) is 19.9 Å². The molecule has 1 aliphatic carbocycles. The second kappa shape index (κ2) is 6.06. The molecule has 1 N–H and O–H groups in total. The van der Waals surface area contributed by atoms with Gasteiger partial charge in [-0.3, -0.25) is 0 Å². The third-order valence-electron chi connectivity index (χ3n) is 3.70. The lowest BCUT2D eigenvalue weighted by atomic mass is 10.0. The Hall–Kier alpha value is -1.20. The van der Waals surface area contributed by atoms with Crippen molar-refractivity contribution in [2.24, 2.45) is 0 Å². The molecule has 0 bridgehead atoms. The molecule has 0 aromatic carbocycles. The molecule has 20 heavy (non-hydrogen) atoms. The first-order valence-electron chi connectivity index (χ1n) is 7.42. The summed E-state index contributed by atoms with van der Waals surface area (Å²) in [4.78, 5) is 9.26. The smallest absolute Gasteiger partial charge is 0.107 e. The van der Waals surface area contributed by atoms with Gasteiger partial charge in [-0.1, -0.05) is 13.8 Å². The molecular weight excluding hydrogens is 268 g/mol. The highest BCUT2D eigenvalue weighted by Crippen LogP contribution is 2.21. The van der Waals surface area contributed by atoms with E-state index in [0.717, 1.165) is 25.2 Å². The van der Waals surface area contributed by atoms with Gasteiger partial charge in [0.1, 0.15) is 5.01 Å². The second-order valence-corrected chi connectivity index (χ2v) is 6.68. The highest BCUT2D eigenvalue weighted by atomic mass is 32.1. The third-order valence-corrected chi connectivity index (χ3v) is 4.60. The van der Waals surface area contributed by atoms with E-state index in [-0.39, 0.29) is 0 Å². The van der Waals surface area contributed by atoms with E-state index in [0.29, 0.717) is 6.04 Å². The highest BCUT2D eigenvalue weighted by Gasteiger charge is 2.15. The van der Waals surface area contributed by atoms with Crippen LogP contribution in [0.25, 0.3) is 0 Å². The molecule has 1 aliphatic rings. The number of imidazole rings is 1. The number of thiazole rings is 1. The van der Waals surface area contributed by atoms with E-state index in [2.05, 4.69) is 34.1 Å². The van der Waals surface area contributed by atoms with Crippen LogP contribution in [-0.4, -0.2) is 20.6 Å². The normalized spacial score (nSPS) is 14.8. The summed E-state index contributed by atoms with van der Waals surface area (Å²) in [6, 6.07) is 0.503. The van der Waals surface area contributed by atoms with E-state index in [4.69, 9.17) is 4.98 Å². The molecule has 0 spiro atoms. The fraction of sp³-hybridized carbons (Fsp3) is 0.600. The molecule has 2 aromatic heterocycles. The monoisotopic (exact) mass is 290 g/mol. The van der Waals surface area contributed by atoms with Gasteiger partial charge in [0.25, 0.3) is 0 Å². The Bertz CT molecular complexity index is 570. The van der Waals surface area contributed by atoms with E-state index in [9.17, 15) is 0 Å². The lowest BCUT2D eigenvalue weighted by Crippen LogP contribution is -2.21. The minimum absolute atomic E-state index is 0.503. The minimum atomic E-state index is 0.503. The summed E-state index contributed by atoms with van der Waals surface area (Å²) in [6.45, 7) is 6.05. The van der Waals surface area contributed by atoms with Gasteiger partial charge in [-0.25, -0.2) is 9.97 Å². The average Bonchev–Trinajstić information content (AvgIpc) is 3.05. The van der Waals surface area contributed by atoms with Crippen LogP contribution in [0.1, 0.15) is 48.8 Å². The fourth-order valence-corrected chi connectivity index (χ4v) is 3.37. The van der Waals surface area contributed by atoms with E-state index in [1.54, 1.807) is 11.3 Å². The van der Waals surface area contributed by atoms with Gasteiger partial charge in [0, 0.05) is 23.7 Å². The van der Waals surface area contributed by atoms with Gasteiger partial charge in [-0.2, -0.15) is 0 Å². The van der Waals surface area contributed by atoms with Crippen molar-refractivity contribution in [2.75, 3.05) is 0 Å². The summed E-state index contributed by atoms with van der Waals surface area (Å²) in [6.07, 6.45) is 6.87. The zero-order chi connectivity index (χ0) is 13.9. The molecule has 0 aliphatic heterocycles. The summed E-state index contributed by atoms with van der Waals surface area (Å²) >= 11 is 1.74. The van der Waals surface area contributed by atoms with Gasteiger partial charge >= 0.3 is 0 Å². The SMILES string of the molecule is CC(C)NCc1nc(Cn2cnc3c2CCCC3)cs1. The van der Waals surface area contributed by atoms with Crippen LogP contribution < -0.4 is 5.32 Å². The van der Waals surface area contributed by atoms with Crippen LogP contribution in [-0.2, 0) is 25.9 Å². The summed E-state index contributed by atoms with van der Waals surface area (Å²) in [5.41, 5.74) is 3.88. The summed E-state index contributed by atoms with van der Waals surface area (Å²) < 4.78 is 2.28. The van der Waals surface area contributed by atoms with E-state index >= 15 is 0 Å². The number of rotatable bonds is 5. The first kappa shape index (κ1) is 13.8. The van der Waals surface area contributed by atoms with Gasteiger partial charge in [-0.05, 0) is 25.7 Å². The second-order valence-electron chi connectivity index (χ2n) is 5.74. The Morgan fingerprint density at radius 1 is 1.35 bits per heavy atom. The third kappa shape index (κ3) is 3.10. The Morgan fingerprint density at radius 3 is 3.05 bits per heavy atom. The molecule has 2 aromatic rings. The predicted molar refractivity (Wildman–Crippen MR) is 82.1 cm³/mol. The Morgan fingerprint density at radius 2 is 2.20 bits per heavy atom. The van der Waals surface area contributed by atoms with Crippen molar-refractivity contribution >= 4 is 11.3 Å². The van der Waals surface area contributed by atoms with Crippen LogP contribution in [0.4, 0.5) is 0 Å². The molecule has 0 fully saturated rings. The number of hydrogen-bond acceptors (Lipinski definition) is 4. The van der Waals surface area contributed by atoms with Gasteiger partial charge in [-0.15, -0.1) is 11.3 Å². The number of fused-ring (bicyclic) bond motifs is 1. The number of aryl methyl sites for hydroxylation is 1. The van der Waals surface area contributed by atoms with Crippen LogP contribution >= 0.6 is 11.3 Å². The molecule has 2 heterocycles. The zero-order valence-electron chi connectivity index (χ0n) is 12.2. The molecule has 5 heteroatoms. The predicted octanol–water partition coefficient (Wildman–Crippen LogP) is 2.76. The van der Waals surface area contributed by atoms with Crippen LogP contribution in [0.5, 0.6) is 0 Å². The quantitative estimate of drug-likeness (QED) is 0.921. The Balaban J connectivity index is 1.67. The number of nitrogens with zero attached hydrogens (tertiary/aromatic N) is 3. The molecule has 3 rings (SSSR count). The molecule has 0 atom stereocenters. The van der Waals surface area contributed by atoms with Gasteiger partial charge in [0.2, 0.25) is 0 Å². The lowest BCUT2D eigenvalue weighted by molar-refractivity contribution is 0.585. The van der Waals surface area contributed by atoms with Crippen molar-refractivity contribution in [3.05, 3.63) is 33.8 Å². The summed E-state index contributed by atoms with van der Waals surface area (Å²) in [5, 5.41) is 6.75. The van der Waals surface area contributed by atoms with Crippen LogP contribution in [0.3, 0.4) is 0 Å². The Kier molecular flexibility index (Phi) is 4.17. The van der Waals surface area contributed by atoms with Crippen molar-refractivity contribution in [1.29, 1.82) is 0 Å². The number of aromatic nitrogens is 3. The maximum atomic E-state index is 4.71. The molecule has 108 valence electrons. The standard InChI is InChI=1S/C15H22N4S/c1-11(2)16-7-15-18-12(9-20-15)8-19-10-17-13-5-3-4-6-14(13)19/h9-11,16H,3-8H2,1-2H3. The van der Waals surface area contributed by atoms with Gasteiger partial charge in [0.15, 0.2) is 0 Å². The maximum absolute atomic E-state index is 4.71. The lowest BCUT2D eigenvalue weighted by Gasteiger charge is -2.13. The summed E-state index contributed by atoms with van der Waals surface area (Å²) in [7, 11) is 0. The summed E-state index contributed by atoms with van der Waals surface area (Å²) in [5.74, 6) is 0. The van der Waals surface area contributed by atoms with Crippen LogP contribution in [0, 0.1) is 0 Å². The van der Waals surface area contributed by atoms with E-state index < -0.39 is 0 Å². The topological polar surface area (TPSA) is 42.7 Å². The zero-order valence-corrected chi connectivity index (χ0v) is 13.0. The van der Waals surface area contributed by atoms with E-state index in [1.807, 2.05) is 6.33 Å².